The van der Waals surface area contributed by atoms with Crippen molar-refractivity contribution in [2.75, 3.05) is 26.2 Å². The maximum Gasteiger partial charge on any atom is 0.0674 e. The largest absolute Gasteiger partial charge is 0.376 e. The average molecular weight is 282 g/mol. The van der Waals surface area contributed by atoms with Crippen LogP contribution in [0, 0.1) is 11.3 Å². The van der Waals surface area contributed by atoms with Crippen LogP contribution in [0.1, 0.15) is 53.9 Å². The van der Waals surface area contributed by atoms with Gasteiger partial charge >= 0.3 is 0 Å². The Morgan fingerprint density at radius 1 is 1.30 bits per heavy atom. The Balaban J connectivity index is 2.00. The second kappa shape index (κ2) is 6.76. The van der Waals surface area contributed by atoms with Crippen molar-refractivity contribution < 1.29 is 4.74 Å². The predicted molar refractivity (Wildman–Crippen MR) is 85.0 cm³/mol. The van der Waals surface area contributed by atoms with Crippen molar-refractivity contribution in [3.05, 3.63) is 0 Å². The van der Waals surface area contributed by atoms with Crippen molar-refractivity contribution in [3.63, 3.8) is 0 Å². The molecule has 0 spiro atoms. The highest BCUT2D eigenvalue weighted by molar-refractivity contribution is 4.97. The van der Waals surface area contributed by atoms with Crippen LogP contribution >= 0.6 is 0 Å². The standard InChI is InChI=1S/C17H34N2O/c1-6-15-12-20-13(3)10-19(15)11-14-8-9-17(4,5)16(14)18-7-2/h13-16,18H,6-12H2,1-5H3. The van der Waals surface area contributed by atoms with E-state index < -0.39 is 0 Å². The number of hydrogen-bond acceptors (Lipinski definition) is 3. The molecular formula is C17H34N2O. The van der Waals surface area contributed by atoms with E-state index in [2.05, 4.69) is 44.8 Å². The minimum absolute atomic E-state index is 0.393. The first kappa shape index (κ1) is 16.3. The monoisotopic (exact) mass is 282 g/mol. The molecule has 118 valence electrons. The van der Waals surface area contributed by atoms with Crippen molar-refractivity contribution in [1.82, 2.24) is 10.2 Å². The van der Waals surface area contributed by atoms with Crippen LogP contribution in [0.2, 0.25) is 0 Å². The van der Waals surface area contributed by atoms with Crippen LogP contribution in [-0.2, 0) is 4.74 Å². The van der Waals surface area contributed by atoms with Crippen LogP contribution in [0.5, 0.6) is 0 Å². The van der Waals surface area contributed by atoms with E-state index >= 15 is 0 Å². The minimum atomic E-state index is 0.393. The molecule has 1 heterocycles. The van der Waals surface area contributed by atoms with Crippen LogP contribution < -0.4 is 5.32 Å². The van der Waals surface area contributed by atoms with Crippen molar-refractivity contribution in [2.24, 2.45) is 11.3 Å². The summed E-state index contributed by atoms with van der Waals surface area (Å²) >= 11 is 0. The predicted octanol–water partition coefficient (Wildman–Crippen LogP) is 2.90. The molecule has 3 heteroatoms. The molecule has 2 rings (SSSR count). The van der Waals surface area contributed by atoms with Gasteiger partial charge < -0.3 is 10.1 Å². The Bertz CT molecular complexity index is 305. The van der Waals surface area contributed by atoms with Gasteiger partial charge in [0.15, 0.2) is 0 Å². The lowest BCUT2D eigenvalue weighted by Crippen LogP contribution is -2.53. The number of hydrogen-bond donors (Lipinski definition) is 1. The second-order valence-corrected chi connectivity index (χ2v) is 7.48. The highest BCUT2D eigenvalue weighted by Crippen LogP contribution is 2.42. The fourth-order valence-corrected chi connectivity index (χ4v) is 4.19. The number of morpholine rings is 1. The lowest BCUT2D eigenvalue weighted by atomic mass is 9.84. The Labute approximate surface area is 125 Å². The molecule has 0 radical (unpaired) electrons. The van der Waals surface area contributed by atoms with Crippen LogP contribution in [-0.4, -0.2) is 49.3 Å². The maximum absolute atomic E-state index is 5.83. The highest BCUT2D eigenvalue weighted by Gasteiger charge is 2.42. The lowest BCUT2D eigenvalue weighted by Gasteiger charge is -2.41. The van der Waals surface area contributed by atoms with Gasteiger partial charge in [-0.15, -0.1) is 0 Å². The van der Waals surface area contributed by atoms with Crippen molar-refractivity contribution in [1.29, 1.82) is 0 Å². The van der Waals surface area contributed by atoms with Gasteiger partial charge in [0, 0.05) is 25.2 Å². The van der Waals surface area contributed by atoms with Gasteiger partial charge in [-0.3, -0.25) is 4.90 Å². The van der Waals surface area contributed by atoms with Gasteiger partial charge in [0.25, 0.3) is 0 Å². The minimum Gasteiger partial charge on any atom is -0.376 e. The molecule has 1 saturated carbocycles. The molecule has 0 aromatic heterocycles. The van der Waals surface area contributed by atoms with Gasteiger partial charge in [-0.1, -0.05) is 27.7 Å². The third-order valence-electron chi connectivity index (χ3n) is 5.42. The fourth-order valence-electron chi connectivity index (χ4n) is 4.19. The summed E-state index contributed by atoms with van der Waals surface area (Å²) in [4.78, 5) is 2.70. The van der Waals surface area contributed by atoms with Gasteiger partial charge in [-0.05, 0) is 44.1 Å². The van der Waals surface area contributed by atoms with E-state index in [0.29, 0.717) is 23.6 Å². The van der Waals surface area contributed by atoms with E-state index in [0.717, 1.165) is 25.6 Å². The lowest BCUT2D eigenvalue weighted by molar-refractivity contribution is -0.0619. The molecule has 4 unspecified atom stereocenters. The van der Waals surface area contributed by atoms with Gasteiger partial charge in [0.2, 0.25) is 0 Å². The molecule has 2 aliphatic rings. The SMILES string of the molecule is CCNC1C(CN2CC(C)OCC2CC)CCC1(C)C. The Hall–Kier alpha value is -0.120. The molecule has 3 nitrogen and oxygen atoms in total. The molecule has 1 aliphatic carbocycles. The Morgan fingerprint density at radius 2 is 2.05 bits per heavy atom. The zero-order valence-electron chi connectivity index (χ0n) is 14.1. The van der Waals surface area contributed by atoms with Gasteiger partial charge in [0.1, 0.15) is 0 Å². The third-order valence-corrected chi connectivity index (χ3v) is 5.42. The molecule has 1 saturated heterocycles. The quantitative estimate of drug-likeness (QED) is 0.839. The highest BCUT2D eigenvalue weighted by atomic mass is 16.5. The zero-order chi connectivity index (χ0) is 14.8. The summed E-state index contributed by atoms with van der Waals surface area (Å²) < 4.78 is 5.83. The number of nitrogens with zero attached hydrogens (tertiary/aromatic N) is 1. The summed E-state index contributed by atoms with van der Waals surface area (Å²) in [6.07, 6.45) is 4.32. The summed E-state index contributed by atoms with van der Waals surface area (Å²) in [6.45, 7) is 15.9. The fraction of sp³-hybridized carbons (Fsp3) is 1.00. The van der Waals surface area contributed by atoms with Gasteiger partial charge in [0.05, 0.1) is 12.7 Å². The molecule has 0 aromatic rings. The van der Waals surface area contributed by atoms with Crippen molar-refractivity contribution >= 4 is 0 Å². The molecule has 0 aromatic carbocycles. The Morgan fingerprint density at radius 3 is 2.70 bits per heavy atom. The first-order valence-electron chi connectivity index (χ1n) is 8.57. The topological polar surface area (TPSA) is 24.5 Å². The van der Waals surface area contributed by atoms with Crippen LogP contribution in [0.3, 0.4) is 0 Å². The van der Waals surface area contributed by atoms with Gasteiger partial charge in [-0.2, -0.15) is 0 Å². The maximum atomic E-state index is 5.83. The van der Waals surface area contributed by atoms with Crippen LogP contribution in [0.4, 0.5) is 0 Å². The van der Waals surface area contributed by atoms with Crippen molar-refractivity contribution in [2.45, 2.75) is 72.1 Å². The van der Waals surface area contributed by atoms with E-state index in [1.54, 1.807) is 0 Å². The first-order chi connectivity index (χ1) is 9.47. The molecule has 20 heavy (non-hydrogen) atoms. The summed E-state index contributed by atoms with van der Waals surface area (Å²) in [5.74, 6) is 0.796. The molecule has 4 atom stereocenters. The average Bonchev–Trinajstić information content (AvgIpc) is 2.67. The zero-order valence-corrected chi connectivity index (χ0v) is 14.1. The summed E-state index contributed by atoms with van der Waals surface area (Å²) in [6, 6.07) is 1.29. The first-order valence-corrected chi connectivity index (χ1v) is 8.57. The Kier molecular flexibility index (Phi) is 5.49. The number of nitrogens with one attached hydrogen (secondary N) is 1. The smallest absolute Gasteiger partial charge is 0.0674 e. The van der Waals surface area contributed by atoms with Crippen LogP contribution in [0.15, 0.2) is 0 Å². The van der Waals surface area contributed by atoms with E-state index in [-0.39, 0.29) is 0 Å². The second-order valence-electron chi connectivity index (χ2n) is 7.48. The molecule has 0 bridgehead atoms. The third kappa shape index (κ3) is 3.55. The van der Waals surface area contributed by atoms with Gasteiger partial charge in [-0.25, -0.2) is 0 Å². The van der Waals surface area contributed by atoms with Crippen molar-refractivity contribution in [3.8, 4) is 0 Å². The summed E-state index contributed by atoms with van der Waals surface area (Å²) in [5.41, 5.74) is 0.445. The molecule has 1 aliphatic heterocycles. The normalized spacial score (nSPS) is 38.2. The van der Waals surface area contributed by atoms with E-state index in [1.165, 1.54) is 25.8 Å². The number of rotatable bonds is 5. The van der Waals surface area contributed by atoms with E-state index in [9.17, 15) is 0 Å². The molecule has 1 N–H and O–H groups in total. The summed E-state index contributed by atoms with van der Waals surface area (Å²) in [5, 5.41) is 3.76. The number of ether oxygens (including phenoxy) is 1. The summed E-state index contributed by atoms with van der Waals surface area (Å²) in [7, 11) is 0. The van der Waals surface area contributed by atoms with E-state index in [1.807, 2.05) is 0 Å². The molecular weight excluding hydrogens is 248 g/mol. The molecule has 2 fully saturated rings. The molecule has 0 amide bonds. The van der Waals surface area contributed by atoms with E-state index in [4.69, 9.17) is 4.74 Å². The van der Waals surface area contributed by atoms with Crippen LogP contribution in [0.25, 0.3) is 0 Å².